The van der Waals surface area contributed by atoms with Crippen molar-refractivity contribution < 1.29 is 23.2 Å². The summed E-state index contributed by atoms with van der Waals surface area (Å²) in [7, 11) is -2.80. The summed E-state index contributed by atoms with van der Waals surface area (Å²) >= 11 is 0. The Hall–Kier alpha value is -1.14. The fraction of sp³-hybridized carbons (Fsp3) is 0.636. The topological polar surface area (TPSA) is 61.8 Å². The first-order valence-electron chi connectivity index (χ1n) is 5.36. The van der Waals surface area contributed by atoms with Gasteiger partial charge in [0.2, 0.25) is 0 Å². The van der Waals surface area contributed by atoms with Crippen LogP contribution < -0.4 is 0 Å². The Balaban J connectivity index is 4.23. The number of rotatable bonds is 7. The molecular weight excluding hydrogens is 240 g/mol. The Morgan fingerprint density at radius 3 is 1.94 bits per heavy atom. The van der Waals surface area contributed by atoms with E-state index in [0.717, 1.165) is 5.57 Å². The molecule has 5 nitrogen and oxygen atoms in total. The van der Waals surface area contributed by atoms with E-state index in [-0.39, 0.29) is 0 Å². The van der Waals surface area contributed by atoms with Crippen LogP contribution in [0.25, 0.3) is 0 Å². The van der Waals surface area contributed by atoms with Crippen molar-refractivity contribution in [2.24, 2.45) is 0 Å². The average Bonchev–Trinajstić information content (AvgIpc) is 2.09. The summed E-state index contributed by atoms with van der Waals surface area (Å²) in [4.78, 5) is 21.9. The van der Waals surface area contributed by atoms with Crippen molar-refractivity contribution >= 4 is 20.5 Å². The zero-order chi connectivity index (χ0) is 13.5. The lowest BCUT2D eigenvalue weighted by atomic mass is 10.4. The van der Waals surface area contributed by atoms with Gasteiger partial charge in [-0.2, -0.15) is 0 Å². The van der Waals surface area contributed by atoms with E-state index in [2.05, 4.69) is 6.58 Å². The van der Waals surface area contributed by atoms with Crippen molar-refractivity contribution in [2.75, 3.05) is 13.2 Å². The number of carbonyl (C=O) groups is 2. The predicted molar refractivity (Wildman–Crippen MR) is 65.6 cm³/mol. The van der Waals surface area contributed by atoms with Crippen molar-refractivity contribution in [3.05, 3.63) is 12.2 Å². The van der Waals surface area contributed by atoms with Crippen molar-refractivity contribution in [3.8, 4) is 0 Å². The summed E-state index contributed by atoms with van der Waals surface area (Å²) in [5.41, 5.74) is 0.911. The monoisotopic (exact) mass is 260 g/mol. The lowest BCUT2D eigenvalue weighted by Crippen LogP contribution is -2.42. The zero-order valence-corrected chi connectivity index (χ0v) is 11.9. The molecule has 0 saturated heterocycles. The van der Waals surface area contributed by atoms with E-state index in [0.29, 0.717) is 19.3 Å². The summed E-state index contributed by atoms with van der Waals surface area (Å²) in [6.07, 6.45) is 0. The van der Waals surface area contributed by atoms with Gasteiger partial charge in [0.15, 0.2) is 0 Å². The molecular formula is C11H20O5Si. The molecule has 0 spiro atoms. The Morgan fingerprint density at radius 1 is 1.12 bits per heavy atom. The fourth-order valence-electron chi connectivity index (χ4n) is 1.23. The van der Waals surface area contributed by atoms with Crippen LogP contribution in [0.15, 0.2) is 12.2 Å². The van der Waals surface area contributed by atoms with Crippen LogP contribution in [0.1, 0.15) is 20.8 Å². The van der Waals surface area contributed by atoms with Crippen molar-refractivity contribution in [2.45, 2.75) is 33.4 Å². The Bertz CT molecular complexity index is 284. The second-order valence-electron chi connectivity index (χ2n) is 4.08. The maximum absolute atomic E-state index is 10.9. The molecule has 0 N–H and O–H groups in total. The van der Waals surface area contributed by atoms with Gasteiger partial charge in [0.05, 0.1) is 13.2 Å². The molecule has 0 aromatic carbocycles. The molecule has 0 aromatic heterocycles. The highest BCUT2D eigenvalue weighted by atomic mass is 28.4. The van der Waals surface area contributed by atoms with E-state index in [1.807, 2.05) is 6.92 Å². The Kier molecular flexibility index (Phi) is 6.75. The van der Waals surface area contributed by atoms with Gasteiger partial charge in [-0.25, -0.2) is 0 Å². The van der Waals surface area contributed by atoms with Crippen molar-refractivity contribution in [1.29, 1.82) is 0 Å². The van der Waals surface area contributed by atoms with E-state index in [1.165, 1.54) is 13.8 Å². The third-order valence-electron chi connectivity index (χ3n) is 1.77. The van der Waals surface area contributed by atoms with Gasteiger partial charge in [0.25, 0.3) is 11.9 Å². The molecule has 0 atom stereocenters. The number of hydrogen-bond donors (Lipinski definition) is 0. The van der Waals surface area contributed by atoms with Gasteiger partial charge < -0.3 is 13.6 Å². The third kappa shape index (κ3) is 8.64. The first-order chi connectivity index (χ1) is 7.75. The summed E-state index contributed by atoms with van der Waals surface area (Å²) in [6.45, 7) is 10.6. The number of hydrogen-bond acceptors (Lipinski definition) is 5. The average molecular weight is 260 g/mol. The van der Waals surface area contributed by atoms with Crippen LogP contribution in [0.5, 0.6) is 0 Å². The normalized spacial score (nSPS) is 10.8. The van der Waals surface area contributed by atoms with E-state index in [9.17, 15) is 9.59 Å². The van der Waals surface area contributed by atoms with E-state index in [4.69, 9.17) is 13.6 Å². The molecule has 0 aliphatic heterocycles. The van der Waals surface area contributed by atoms with Crippen LogP contribution in [0.2, 0.25) is 12.6 Å². The van der Waals surface area contributed by atoms with Crippen LogP contribution in [0, 0.1) is 0 Å². The first kappa shape index (κ1) is 15.9. The highest BCUT2D eigenvalue weighted by molar-refractivity contribution is 6.69. The lowest BCUT2D eigenvalue weighted by molar-refractivity contribution is -0.138. The molecule has 0 aromatic rings. The van der Waals surface area contributed by atoms with Crippen molar-refractivity contribution in [3.63, 3.8) is 0 Å². The molecule has 0 aliphatic rings. The van der Waals surface area contributed by atoms with Crippen LogP contribution in [0.3, 0.4) is 0 Å². The smallest absolute Gasteiger partial charge is 0.463 e. The maximum atomic E-state index is 10.9. The van der Waals surface area contributed by atoms with Gasteiger partial charge >= 0.3 is 8.56 Å². The summed E-state index contributed by atoms with van der Waals surface area (Å²) in [6, 6.07) is 0.416. The van der Waals surface area contributed by atoms with Gasteiger partial charge in [-0.3, -0.25) is 9.59 Å². The molecule has 0 saturated carbocycles. The fourth-order valence-corrected chi connectivity index (χ4v) is 3.21. The Labute approximate surface area is 103 Å². The molecule has 0 amide bonds. The molecule has 17 heavy (non-hydrogen) atoms. The number of ether oxygens (including phenoxy) is 1. The minimum atomic E-state index is -2.80. The zero-order valence-electron chi connectivity index (χ0n) is 10.9. The molecule has 0 fully saturated rings. The van der Waals surface area contributed by atoms with Crippen LogP contribution >= 0.6 is 0 Å². The van der Waals surface area contributed by atoms with Gasteiger partial charge in [-0.1, -0.05) is 12.2 Å². The van der Waals surface area contributed by atoms with Crippen LogP contribution in [-0.4, -0.2) is 33.7 Å². The van der Waals surface area contributed by atoms with E-state index < -0.39 is 20.5 Å². The second-order valence-corrected chi connectivity index (χ2v) is 7.26. The predicted octanol–water partition coefficient (Wildman–Crippen LogP) is 1.78. The van der Waals surface area contributed by atoms with Gasteiger partial charge in [-0.05, 0) is 6.92 Å². The summed E-state index contributed by atoms with van der Waals surface area (Å²) in [5.74, 6) is -0.888. The highest BCUT2D eigenvalue weighted by Gasteiger charge is 2.37. The third-order valence-corrected chi connectivity index (χ3v) is 4.32. The first-order valence-corrected chi connectivity index (χ1v) is 7.89. The van der Waals surface area contributed by atoms with Crippen LogP contribution in [0.4, 0.5) is 0 Å². The largest absolute Gasteiger partial charge is 0.485 e. The lowest BCUT2D eigenvalue weighted by Gasteiger charge is -2.24. The SMILES string of the molecule is C=C(C)COCC[Si](C)(OC(C)=O)OC(C)=O. The van der Waals surface area contributed by atoms with E-state index in [1.54, 1.807) is 6.55 Å². The molecule has 0 aliphatic carbocycles. The Morgan fingerprint density at radius 2 is 1.59 bits per heavy atom. The molecule has 0 bridgehead atoms. The molecule has 0 heterocycles. The second kappa shape index (κ2) is 7.23. The number of carbonyl (C=O) groups excluding carboxylic acids is 2. The quantitative estimate of drug-likeness (QED) is 0.396. The summed E-state index contributed by atoms with van der Waals surface area (Å²) in [5, 5.41) is 0. The van der Waals surface area contributed by atoms with Crippen LogP contribution in [-0.2, 0) is 23.2 Å². The molecule has 0 rings (SSSR count). The van der Waals surface area contributed by atoms with Gasteiger partial charge in [0, 0.05) is 26.4 Å². The maximum Gasteiger partial charge on any atom is 0.463 e. The summed E-state index contributed by atoms with van der Waals surface area (Å²) < 4.78 is 15.5. The molecule has 98 valence electrons. The molecule has 0 radical (unpaired) electrons. The van der Waals surface area contributed by atoms with E-state index >= 15 is 0 Å². The molecule has 0 unspecified atom stereocenters. The van der Waals surface area contributed by atoms with Gasteiger partial charge in [-0.15, -0.1) is 0 Å². The van der Waals surface area contributed by atoms with Gasteiger partial charge in [0.1, 0.15) is 0 Å². The van der Waals surface area contributed by atoms with Crippen molar-refractivity contribution in [1.82, 2.24) is 0 Å². The standard InChI is InChI=1S/C11H20O5Si/c1-9(2)8-14-6-7-17(5,15-10(3)12)16-11(4)13/h1,6-8H2,2-5H3. The minimum Gasteiger partial charge on any atom is -0.485 e. The highest BCUT2D eigenvalue weighted by Crippen LogP contribution is 2.14. The minimum absolute atomic E-state index is 0.371. The molecule has 6 heteroatoms.